The fourth-order valence-electron chi connectivity index (χ4n) is 2.89. The van der Waals surface area contributed by atoms with Crippen LogP contribution < -0.4 is 20.1 Å². The largest absolute Gasteiger partial charge is 0.492 e. The highest BCUT2D eigenvalue weighted by Crippen LogP contribution is 2.24. The lowest BCUT2D eigenvalue weighted by Gasteiger charge is -2.20. The van der Waals surface area contributed by atoms with Crippen molar-refractivity contribution in [2.45, 2.75) is 32.9 Å². The average Bonchev–Trinajstić information content (AvgIpc) is 3.19. The van der Waals surface area contributed by atoms with E-state index in [0.29, 0.717) is 23.5 Å². The minimum absolute atomic E-state index is 0.225. The number of ether oxygens (including phenoxy) is 2. The summed E-state index contributed by atoms with van der Waals surface area (Å²) in [5.41, 5.74) is 0.599. The van der Waals surface area contributed by atoms with E-state index in [-0.39, 0.29) is 17.4 Å². The molecule has 2 amide bonds. The van der Waals surface area contributed by atoms with Crippen molar-refractivity contribution < 1.29 is 23.5 Å². The minimum Gasteiger partial charge on any atom is -0.492 e. The summed E-state index contributed by atoms with van der Waals surface area (Å²) in [6.07, 6.45) is 5.66. The van der Waals surface area contributed by atoms with Gasteiger partial charge in [-0.25, -0.2) is 9.18 Å². The fourth-order valence-corrected chi connectivity index (χ4v) is 3.11. The number of nitrogens with one attached hydrogen (secondary N) is 2. The molecule has 0 fully saturated rings. The number of rotatable bonds is 8. The number of halogens is 2. The first-order chi connectivity index (χ1) is 16.6. The van der Waals surface area contributed by atoms with E-state index in [2.05, 4.69) is 15.7 Å². The second-order valence-corrected chi connectivity index (χ2v) is 9.01. The Morgan fingerprint density at radius 1 is 1.20 bits per heavy atom. The van der Waals surface area contributed by atoms with Gasteiger partial charge in [0.15, 0.2) is 5.75 Å². The Morgan fingerprint density at radius 3 is 2.71 bits per heavy atom. The van der Waals surface area contributed by atoms with Crippen LogP contribution in [0.5, 0.6) is 11.5 Å². The van der Waals surface area contributed by atoms with Crippen molar-refractivity contribution in [3.05, 3.63) is 77.3 Å². The summed E-state index contributed by atoms with van der Waals surface area (Å²) >= 11 is 5.81. The van der Waals surface area contributed by atoms with Crippen molar-refractivity contribution in [2.75, 3.05) is 11.9 Å². The zero-order chi connectivity index (χ0) is 25.4. The predicted molar refractivity (Wildman–Crippen MR) is 132 cm³/mol. The predicted octanol–water partition coefficient (Wildman–Crippen LogP) is 5.29. The zero-order valence-electron chi connectivity index (χ0n) is 19.5. The number of aromatic nitrogens is 2. The van der Waals surface area contributed by atoms with Crippen LogP contribution in [0.1, 0.15) is 26.3 Å². The lowest BCUT2D eigenvalue weighted by Crippen LogP contribution is -2.42. The van der Waals surface area contributed by atoms with Gasteiger partial charge in [-0.2, -0.15) is 5.10 Å². The van der Waals surface area contributed by atoms with Gasteiger partial charge in [0.25, 0.3) is 0 Å². The third-order valence-electron chi connectivity index (χ3n) is 4.33. The number of para-hydroxylation sites is 2. The summed E-state index contributed by atoms with van der Waals surface area (Å²) in [4.78, 5) is 24.5. The average molecular weight is 501 g/mol. The molecular formula is C25H26ClFN4O4. The second-order valence-electron chi connectivity index (χ2n) is 8.57. The number of benzene rings is 2. The molecule has 10 heteroatoms. The van der Waals surface area contributed by atoms with Gasteiger partial charge in [0.05, 0.1) is 18.4 Å². The Kier molecular flexibility index (Phi) is 8.48. The zero-order valence-corrected chi connectivity index (χ0v) is 20.3. The van der Waals surface area contributed by atoms with Crippen LogP contribution in [0.15, 0.2) is 60.9 Å². The Balaban J connectivity index is 1.52. The maximum atomic E-state index is 13.4. The molecule has 2 N–H and O–H groups in total. The summed E-state index contributed by atoms with van der Waals surface area (Å²) in [5, 5.41) is 9.86. The molecular weight excluding hydrogens is 475 g/mol. The molecule has 0 aliphatic carbocycles. The molecule has 184 valence electrons. The van der Waals surface area contributed by atoms with Crippen molar-refractivity contribution in [1.82, 2.24) is 15.1 Å². The fraction of sp³-hybridized carbons (Fsp3) is 0.240. The van der Waals surface area contributed by atoms with Gasteiger partial charge < -0.3 is 20.1 Å². The van der Waals surface area contributed by atoms with Crippen LogP contribution in [0.2, 0.25) is 5.02 Å². The highest BCUT2D eigenvalue weighted by Gasteiger charge is 2.17. The van der Waals surface area contributed by atoms with Gasteiger partial charge in [-0.3, -0.25) is 9.48 Å². The quantitative estimate of drug-likeness (QED) is 0.410. The number of anilines is 1. The Labute approximate surface area is 207 Å². The van der Waals surface area contributed by atoms with Crippen molar-refractivity contribution in [2.24, 2.45) is 0 Å². The molecule has 0 radical (unpaired) electrons. The first-order valence-electron chi connectivity index (χ1n) is 10.8. The first kappa shape index (κ1) is 25.8. The van der Waals surface area contributed by atoms with Gasteiger partial charge in [-0.1, -0.05) is 23.7 Å². The van der Waals surface area contributed by atoms with E-state index < -0.39 is 23.4 Å². The van der Waals surface area contributed by atoms with Crippen molar-refractivity contribution in [1.29, 1.82) is 0 Å². The van der Waals surface area contributed by atoms with Crippen LogP contribution >= 0.6 is 11.6 Å². The SMILES string of the molecule is CC(C)(C)NC(=O)Oc1ccccc1NC(=O)C=Cc1cnn(CCOc2cc(F)cc(Cl)c2)c1. The van der Waals surface area contributed by atoms with Gasteiger partial charge in [0.2, 0.25) is 5.91 Å². The number of amides is 2. The molecule has 1 heterocycles. The first-order valence-corrected chi connectivity index (χ1v) is 11.1. The van der Waals surface area contributed by atoms with Crippen LogP contribution in [0, 0.1) is 5.82 Å². The summed E-state index contributed by atoms with van der Waals surface area (Å²) in [6, 6.07) is 10.6. The van der Waals surface area contributed by atoms with Gasteiger partial charge >= 0.3 is 6.09 Å². The van der Waals surface area contributed by atoms with Crippen LogP contribution in [0.4, 0.5) is 14.9 Å². The topological polar surface area (TPSA) is 94.5 Å². The summed E-state index contributed by atoms with van der Waals surface area (Å²) < 4.78 is 25.8. The van der Waals surface area contributed by atoms with Gasteiger partial charge in [-0.15, -0.1) is 0 Å². The van der Waals surface area contributed by atoms with Crippen molar-refractivity contribution >= 4 is 35.4 Å². The molecule has 0 spiro atoms. The summed E-state index contributed by atoms with van der Waals surface area (Å²) in [5.74, 6) is -0.321. The van der Waals surface area contributed by atoms with Gasteiger partial charge in [0.1, 0.15) is 18.2 Å². The minimum atomic E-state index is -0.619. The van der Waals surface area contributed by atoms with E-state index in [9.17, 15) is 14.0 Å². The molecule has 0 unspecified atom stereocenters. The molecule has 3 aromatic rings. The normalized spacial score (nSPS) is 11.3. The number of carbonyl (C=O) groups excluding carboxylic acids is 2. The molecule has 0 saturated carbocycles. The van der Waals surface area contributed by atoms with Crippen molar-refractivity contribution in [3.63, 3.8) is 0 Å². The van der Waals surface area contributed by atoms with E-state index in [1.165, 1.54) is 24.3 Å². The van der Waals surface area contributed by atoms with Crippen molar-refractivity contribution in [3.8, 4) is 11.5 Å². The molecule has 0 aliphatic rings. The number of nitrogens with zero attached hydrogens (tertiary/aromatic N) is 2. The third kappa shape index (κ3) is 8.78. The Morgan fingerprint density at radius 2 is 1.97 bits per heavy atom. The van der Waals surface area contributed by atoms with E-state index in [1.54, 1.807) is 47.4 Å². The highest BCUT2D eigenvalue weighted by atomic mass is 35.5. The lowest BCUT2D eigenvalue weighted by atomic mass is 10.1. The molecule has 35 heavy (non-hydrogen) atoms. The molecule has 1 aromatic heterocycles. The van der Waals surface area contributed by atoms with Crippen LogP contribution in [0.25, 0.3) is 6.08 Å². The second kappa shape index (κ2) is 11.5. The molecule has 0 bridgehead atoms. The molecule has 0 saturated heterocycles. The maximum absolute atomic E-state index is 13.4. The summed E-state index contributed by atoms with van der Waals surface area (Å²) in [6.45, 7) is 6.17. The number of carbonyl (C=O) groups is 2. The number of hydrogen-bond acceptors (Lipinski definition) is 5. The van der Waals surface area contributed by atoms with Gasteiger partial charge in [0, 0.05) is 34.5 Å². The van der Waals surface area contributed by atoms with Crippen LogP contribution in [-0.4, -0.2) is 33.9 Å². The molecule has 3 rings (SSSR count). The molecule has 2 aromatic carbocycles. The van der Waals surface area contributed by atoms with E-state index in [1.807, 2.05) is 20.8 Å². The van der Waals surface area contributed by atoms with Crippen LogP contribution in [0.3, 0.4) is 0 Å². The Hall–Kier alpha value is -3.85. The summed E-state index contributed by atoms with van der Waals surface area (Å²) in [7, 11) is 0. The van der Waals surface area contributed by atoms with E-state index in [0.717, 1.165) is 0 Å². The standard InChI is InChI=1S/C25H26ClFN4O4/c1-25(2,3)30-24(33)35-22-7-5-4-6-21(22)29-23(32)9-8-17-15-28-31(16-17)10-11-34-20-13-18(26)12-19(27)14-20/h4-9,12-16H,10-11H2,1-3H3,(H,29,32)(H,30,33). The third-order valence-corrected chi connectivity index (χ3v) is 4.55. The van der Waals surface area contributed by atoms with Gasteiger partial charge in [-0.05, 0) is 51.1 Å². The van der Waals surface area contributed by atoms with E-state index >= 15 is 0 Å². The van der Waals surface area contributed by atoms with Crippen LogP contribution in [-0.2, 0) is 11.3 Å². The molecule has 8 nitrogen and oxygen atoms in total. The lowest BCUT2D eigenvalue weighted by molar-refractivity contribution is -0.111. The molecule has 0 aliphatic heterocycles. The van der Waals surface area contributed by atoms with E-state index in [4.69, 9.17) is 21.1 Å². The maximum Gasteiger partial charge on any atom is 0.413 e. The Bertz CT molecular complexity index is 1200. The number of hydrogen-bond donors (Lipinski definition) is 2. The highest BCUT2D eigenvalue weighted by molar-refractivity contribution is 6.30. The molecule has 0 atom stereocenters. The smallest absolute Gasteiger partial charge is 0.413 e. The monoisotopic (exact) mass is 500 g/mol.